The molecule has 0 amide bonds. The predicted octanol–water partition coefficient (Wildman–Crippen LogP) is 0.508. The van der Waals surface area contributed by atoms with Gasteiger partial charge in [0, 0.05) is 26.1 Å². The van der Waals surface area contributed by atoms with Crippen molar-refractivity contribution in [1.82, 2.24) is 10.6 Å². The Bertz CT molecular complexity index is 315. The van der Waals surface area contributed by atoms with Gasteiger partial charge in [-0.3, -0.25) is 4.99 Å². The molecule has 0 aromatic heterocycles. The zero-order valence-corrected chi connectivity index (χ0v) is 11.0. The molecule has 5 nitrogen and oxygen atoms in total. The van der Waals surface area contributed by atoms with Crippen LogP contribution < -0.4 is 10.6 Å². The Hall–Kier alpha value is -0.810. The average Bonchev–Trinajstić information content (AvgIpc) is 3.10. The quantitative estimate of drug-likeness (QED) is 0.568. The highest BCUT2D eigenvalue weighted by Crippen LogP contribution is 2.34. The highest BCUT2D eigenvalue weighted by molar-refractivity contribution is 5.80. The molecule has 0 aromatic carbocycles. The maximum Gasteiger partial charge on any atom is 0.191 e. The summed E-state index contributed by atoms with van der Waals surface area (Å²) < 4.78 is 11.2. The zero-order chi connectivity index (χ0) is 12.4. The van der Waals surface area contributed by atoms with Crippen molar-refractivity contribution in [1.29, 1.82) is 0 Å². The van der Waals surface area contributed by atoms with Crippen molar-refractivity contribution in [3.05, 3.63) is 0 Å². The Morgan fingerprint density at radius 1 is 1.33 bits per heavy atom. The monoisotopic (exact) mass is 253 g/mol. The summed E-state index contributed by atoms with van der Waals surface area (Å²) in [7, 11) is 1.83. The van der Waals surface area contributed by atoms with Crippen LogP contribution in [0.1, 0.15) is 25.7 Å². The number of guanidine groups is 1. The molecule has 0 aromatic rings. The SMILES string of the molecule is CN=C(NCC1CCOC1)NC1CC2CCC1O2. The molecule has 3 rings (SSSR count). The van der Waals surface area contributed by atoms with Crippen molar-refractivity contribution < 1.29 is 9.47 Å². The summed E-state index contributed by atoms with van der Waals surface area (Å²) in [5.74, 6) is 1.53. The van der Waals surface area contributed by atoms with Gasteiger partial charge in [-0.2, -0.15) is 0 Å². The second-order valence-electron chi connectivity index (χ2n) is 5.54. The number of rotatable bonds is 3. The fraction of sp³-hybridized carbons (Fsp3) is 0.923. The van der Waals surface area contributed by atoms with E-state index in [-0.39, 0.29) is 0 Å². The van der Waals surface area contributed by atoms with Crippen LogP contribution in [-0.4, -0.2) is 51.0 Å². The molecular formula is C13H23N3O2. The van der Waals surface area contributed by atoms with Crippen LogP contribution in [0.2, 0.25) is 0 Å². The van der Waals surface area contributed by atoms with E-state index in [4.69, 9.17) is 9.47 Å². The van der Waals surface area contributed by atoms with Crippen molar-refractivity contribution in [2.24, 2.45) is 10.9 Å². The molecule has 102 valence electrons. The van der Waals surface area contributed by atoms with E-state index in [2.05, 4.69) is 15.6 Å². The Morgan fingerprint density at radius 2 is 2.28 bits per heavy atom. The first-order valence-corrected chi connectivity index (χ1v) is 7.05. The molecule has 18 heavy (non-hydrogen) atoms. The van der Waals surface area contributed by atoms with Gasteiger partial charge in [0.15, 0.2) is 5.96 Å². The minimum atomic E-state index is 0.392. The van der Waals surface area contributed by atoms with E-state index in [1.165, 1.54) is 12.8 Å². The van der Waals surface area contributed by atoms with Crippen LogP contribution in [0.25, 0.3) is 0 Å². The second kappa shape index (κ2) is 5.45. The van der Waals surface area contributed by atoms with E-state index in [1.807, 2.05) is 7.05 Å². The van der Waals surface area contributed by atoms with Gasteiger partial charge in [-0.1, -0.05) is 0 Å². The van der Waals surface area contributed by atoms with E-state index >= 15 is 0 Å². The lowest BCUT2D eigenvalue weighted by Crippen LogP contribution is -2.48. The molecule has 0 radical (unpaired) electrons. The fourth-order valence-corrected chi connectivity index (χ4v) is 3.15. The van der Waals surface area contributed by atoms with E-state index < -0.39 is 0 Å². The van der Waals surface area contributed by atoms with Crippen LogP contribution in [0.3, 0.4) is 0 Å². The molecular weight excluding hydrogens is 230 g/mol. The van der Waals surface area contributed by atoms with E-state index in [0.29, 0.717) is 24.2 Å². The number of nitrogens with zero attached hydrogens (tertiary/aromatic N) is 1. The Kier molecular flexibility index (Phi) is 3.70. The number of fused-ring (bicyclic) bond motifs is 2. The number of hydrogen-bond acceptors (Lipinski definition) is 3. The normalized spacial score (nSPS) is 39.3. The third kappa shape index (κ3) is 2.62. The maximum absolute atomic E-state index is 5.84. The number of nitrogens with one attached hydrogen (secondary N) is 2. The van der Waals surface area contributed by atoms with Gasteiger partial charge in [0.25, 0.3) is 0 Å². The van der Waals surface area contributed by atoms with Crippen LogP contribution in [-0.2, 0) is 9.47 Å². The predicted molar refractivity (Wildman–Crippen MR) is 69.7 cm³/mol. The molecule has 0 saturated carbocycles. The summed E-state index contributed by atoms with van der Waals surface area (Å²) in [6, 6.07) is 0.440. The molecule has 3 fully saturated rings. The molecule has 0 aliphatic carbocycles. The summed E-state index contributed by atoms with van der Waals surface area (Å²) in [5, 5.41) is 6.90. The van der Waals surface area contributed by atoms with E-state index in [1.54, 1.807) is 0 Å². The summed E-state index contributed by atoms with van der Waals surface area (Å²) in [4.78, 5) is 4.29. The first-order valence-electron chi connectivity index (χ1n) is 7.05. The Balaban J connectivity index is 1.44. The number of ether oxygens (including phenoxy) is 2. The van der Waals surface area contributed by atoms with Gasteiger partial charge in [-0.15, -0.1) is 0 Å². The molecule has 3 heterocycles. The largest absolute Gasteiger partial charge is 0.381 e. The minimum Gasteiger partial charge on any atom is -0.381 e. The van der Waals surface area contributed by atoms with Crippen molar-refractivity contribution in [3.63, 3.8) is 0 Å². The topological polar surface area (TPSA) is 54.9 Å². The summed E-state index contributed by atoms with van der Waals surface area (Å²) >= 11 is 0. The minimum absolute atomic E-state index is 0.392. The lowest BCUT2D eigenvalue weighted by Gasteiger charge is -2.23. The lowest BCUT2D eigenvalue weighted by atomic mass is 9.96. The molecule has 0 spiro atoms. The zero-order valence-electron chi connectivity index (χ0n) is 11.0. The molecule has 2 N–H and O–H groups in total. The third-order valence-electron chi connectivity index (χ3n) is 4.23. The second-order valence-corrected chi connectivity index (χ2v) is 5.54. The van der Waals surface area contributed by atoms with Gasteiger partial charge in [0.05, 0.1) is 24.9 Å². The highest BCUT2D eigenvalue weighted by atomic mass is 16.5. The van der Waals surface area contributed by atoms with E-state index in [9.17, 15) is 0 Å². The lowest BCUT2D eigenvalue weighted by molar-refractivity contribution is 0.0992. The summed E-state index contributed by atoms with van der Waals surface area (Å²) in [6.45, 7) is 2.72. The maximum atomic E-state index is 5.84. The Labute approximate surface area is 108 Å². The smallest absolute Gasteiger partial charge is 0.191 e. The van der Waals surface area contributed by atoms with Gasteiger partial charge in [-0.05, 0) is 25.7 Å². The van der Waals surface area contributed by atoms with Gasteiger partial charge < -0.3 is 20.1 Å². The highest BCUT2D eigenvalue weighted by Gasteiger charge is 2.41. The van der Waals surface area contributed by atoms with Crippen LogP contribution in [0.5, 0.6) is 0 Å². The Morgan fingerprint density at radius 3 is 2.89 bits per heavy atom. The van der Waals surface area contributed by atoms with Crippen LogP contribution in [0.15, 0.2) is 4.99 Å². The summed E-state index contributed by atoms with van der Waals surface area (Å²) in [6.07, 6.45) is 5.57. The average molecular weight is 253 g/mol. The van der Waals surface area contributed by atoms with Crippen LogP contribution in [0, 0.1) is 5.92 Å². The molecule has 4 atom stereocenters. The van der Waals surface area contributed by atoms with Crippen molar-refractivity contribution in [2.75, 3.05) is 26.8 Å². The first-order chi connectivity index (χ1) is 8.85. The number of aliphatic imine (C=N–C) groups is 1. The van der Waals surface area contributed by atoms with E-state index in [0.717, 1.165) is 38.6 Å². The van der Waals surface area contributed by atoms with Gasteiger partial charge in [0.1, 0.15) is 0 Å². The van der Waals surface area contributed by atoms with Crippen LogP contribution >= 0.6 is 0 Å². The number of hydrogen-bond donors (Lipinski definition) is 2. The molecule has 3 aliphatic heterocycles. The molecule has 2 bridgehead atoms. The van der Waals surface area contributed by atoms with Crippen molar-refractivity contribution in [2.45, 2.75) is 43.9 Å². The standard InChI is InChI=1S/C13H23N3O2/c1-14-13(15-7-9-4-5-17-8-9)16-11-6-10-2-3-12(11)18-10/h9-12H,2-8H2,1H3,(H2,14,15,16). The molecule has 3 aliphatic rings. The summed E-state index contributed by atoms with van der Waals surface area (Å²) in [5.41, 5.74) is 0. The van der Waals surface area contributed by atoms with Crippen molar-refractivity contribution in [3.8, 4) is 0 Å². The van der Waals surface area contributed by atoms with Crippen LogP contribution in [0.4, 0.5) is 0 Å². The first kappa shape index (κ1) is 12.2. The van der Waals surface area contributed by atoms with Gasteiger partial charge >= 0.3 is 0 Å². The molecule has 3 saturated heterocycles. The molecule has 5 heteroatoms. The third-order valence-corrected chi connectivity index (χ3v) is 4.23. The molecule has 4 unspecified atom stereocenters. The van der Waals surface area contributed by atoms with Gasteiger partial charge in [0.2, 0.25) is 0 Å². The van der Waals surface area contributed by atoms with Crippen molar-refractivity contribution >= 4 is 5.96 Å². The fourth-order valence-electron chi connectivity index (χ4n) is 3.15. The van der Waals surface area contributed by atoms with Gasteiger partial charge in [-0.25, -0.2) is 0 Å².